The van der Waals surface area contributed by atoms with E-state index in [0.29, 0.717) is 24.3 Å². The number of halogens is 2. The number of hydrogen-bond donors (Lipinski definition) is 0. The summed E-state index contributed by atoms with van der Waals surface area (Å²) in [5.74, 6) is -0.955. The van der Waals surface area contributed by atoms with E-state index in [1.54, 1.807) is 4.90 Å². The number of aromatic nitrogens is 2. The molecule has 1 aromatic carbocycles. The molecule has 1 amide bonds. The highest BCUT2D eigenvalue weighted by Crippen LogP contribution is 2.37. The molecule has 2 aromatic rings. The second-order valence-electron chi connectivity index (χ2n) is 8.91. The summed E-state index contributed by atoms with van der Waals surface area (Å²) in [6.45, 7) is 7.87. The van der Waals surface area contributed by atoms with Crippen molar-refractivity contribution in [3.8, 4) is 6.01 Å². The van der Waals surface area contributed by atoms with Crippen LogP contribution in [0.5, 0.6) is 6.01 Å². The summed E-state index contributed by atoms with van der Waals surface area (Å²) >= 11 is 0. The largest absolute Gasteiger partial charge is 0.467 e. The third-order valence-corrected chi connectivity index (χ3v) is 5.64. The lowest BCUT2D eigenvalue weighted by Crippen LogP contribution is -2.57. The van der Waals surface area contributed by atoms with Crippen LogP contribution in [0.2, 0.25) is 0 Å². The van der Waals surface area contributed by atoms with Gasteiger partial charge in [-0.1, -0.05) is 0 Å². The second kappa shape index (κ2) is 7.21. The lowest BCUT2D eigenvalue weighted by molar-refractivity contribution is 0.0123. The van der Waals surface area contributed by atoms with Crippen LogP contribution in [-0.4, -0.2) is 58.8 Å². The number of benzene rings is 1. The van der Waals surface area contributed by atoms with Gasteiger partial charge in [-0.25, -0.2) is 13.6 Å². The van der Waals surface area contributed by atoms with Crippen molar-refractivity contribution in [2.45, 2.75) is 58.2 Å². The van der Waals surface area contributed by atoms with Gasteiger partial charge in [0, 0.05) is 24.0 Å². The van der Waals surface area contributed by atoms with Crippen molar-refractivity contribution in [1.82, 2.24) is 14.9 Å². The van der Waals surface area contributed by atoms with Crippen LogP contribution >= 0.6 is 0 Å². The molecule has 2 saturated heterocycles. The summed E-state index contributed by atoms with van der Waals surface area (Å²) in [6.07, 6.45) is 1.35. The van der Waals surface area contributed by atoms with Gasteiger partial charge < -0.3 is 14.4 Å². The van der Waals surface area contributed by atoms with Crippen LogP contribution in [0.3, 0.4) is 0 Å². The van der Waals surface area contributed by atoms with Crippen LogP contribution < -0.4 is 9.64 Å². The summed E-state index contributed by atoms with van der Waals surface area (Å²) in [4.78, 5) is 25.0. The first kappa shape index (κ1) is 20.6. The topological polar surface area (TPSA) is 67.8 Å². The van der Waals surface area contributed by atoms with E-state index >= 15 is 0 Å². The number of anilines is 1. The quantitative estimate of drug-likeness (QED) is 0.736. The third kappa shape index (κ3) is 3.50. The van der Waals surface area contributed by atoms with E-state index in [4.69, 9.17) is 9.47 Å². The van der Waals surface area contributed by atoms with Crippen LogP contribution in [0.15, 0.2) is 6.07 Å². The van der Waals surface area contributed by atoms with Gasteiger partial charge in [-0.3, -0.25) is 4.90 Å². The fourth-order valence-electron chi connectivity index (χ4n) is 4.28. The predicted octanol–water partition coefficient (Wildman–Crippen LogP) is 3.81. The Bertz CT molecular complexity index is 994. The van der Waals surface area contributed by atoms with Crippen LogP contribution in [0, 0.1) is 18.6 Å². The fourth-order valence-corrected chi connectivity index (χ4v) is 4.28. The van der Waals surface area contributed by atoms with Crippen LogP contribution in [0.25, 0.3) is 10.9 Å². The molecular weight excluding hydrogens is 394 g/mol. The molecule has 162 valence electrons. The SMILES string of the molecule is COc1nc(N2CC3CCC(C2)N3C(=O)OC(C)(C)C)c2cc(F)c(C)c(F)c2n1. The van der Waals surface area contributed by atoms with Crippen molar-refractivity contribution in [3.63, 3.8) is 0 Å². The van der Waals surface area contributed by atoms with E-state index in [1.165, 1.54) is 20.1 Å². The highest BCUT2D eigenvalue weighted by atomic mass is 19.1. The number of amides is 1. The van der Waals surface area contributed by atoms with Crippen LogP contribution in [-0.2, 0) is 4.74 Å². The zero-order valence-electron chi connectivity index (χ0n) is 17.8. The van der Waals surface area contributed by atoms with E-state index in [1.807, 2.05) is 25.7 Å². The van der Waals surface area contributed by atoms with Gasteiger partial charge in [-0.15, -0.1) is 0 Å². The Balaban J connectivity index is 1.70. The molecule has 0 N–H and O–H groups in total. The van der Waals surface area contributed by atoms with E-state index in [9.17, 15) is 13.6 Å². The second-order valence-corrected chi connectivity index (χ2v) is 8.91. The first-order chi connectivity index (χ1) is 14.1. The van der Waals surface area contributed by atoms with Crippen molar-refractivity contribution in [3.05, 3.63) is 23.3 Å². The summed E-state index contributed by atoms with van der Waals surface area (Å²) < 4.78 is 39.8. The predicted molar refractivity (Wildman–Crippen MR) is 108 cm³/mol. The number of nitrogens with zero attached hydrogens (tertiary/aromatic N) is 4. The van der Waals surface area contributed by atoms with Crippen molar-refractivity contribution in [2.75, 3.05) is 25.1 Å². The normalized spacial score (nSPS) is 21.3. The maximum absolute atomic E-state index is 14.7. The van der Waals surface area contributed by atoms with E-state index in [-0.39, 0.29) is 35.3 Å². The lowest BCUT2D eigenvalue weighted by atomic mass is 10.1. The molecule has 2 aliphatic rings. The zero-order valence-corrected chi connectivity index (χ0v) is 17.8. The summed E-state index contributed by atoms with van der Waals surface area (Å²) in [7, 11) is 1.41. The number of piperazine rings is 1. The standard InChI is InChI=1S/C21H26F2N4O3/c1-11-15(22)8-14-17(16(11)23)24-19(29-5)25-18(14)26-9-12-6-7-13(10-26)27(12)20(28)30-21(2,3)4/h8,12-13H,6-7,9-10H2,1-5H3. The Hall–Kier alpha value is -2.71. The maximum Gasteiger partial charge on any atom is 0.410 e. The molecule has 0 radical (unpaired) electrons. The molecule has 2 aliphatic heterocycles. The lowest BCUT2D eigenvalue weighted by Gasteiger charge is -2.42. The molecule has 1 aromatic heterocycles. The number of carbonyl (C=O) groups is 1. The molecule has 3 heterocycles. The van der Waals surface area contributed by atoms with Crippen LogP contribution in [0.1, 0.15) is 39.2 Å². The van der Waals surface area contributed by atoms with E-state index in [2.05, 4.69) is 9.97 Å². The summed E-state index contributed by atoms with van der Waals surface area (Å²) in [5, 5.41) is 0.293. The first-order valence-electron chi connectivity index (χ1n) is 10.1. The molecule has 2 bridgehead atoms. The van der Waals surface area contributed by atoms with Crippen molar-refractivity contribution >= 4 is 22.8 Å². The van der Waals surface area contributed by atoms with Crippen LogP contribution in [0.4, 0.5) is 19.4 Å². The molecule has 30 heavy (non-hydrogen) atoms. The highest BCUT2D eigenvalue weighted by Gasteiger charge is 2.45. The molecule has 2 fully saturated rings. The molecule has 4 rings (SSSR count). The zero-order chi connectivity index (χ0) is 21.8. The van der Waals surface area contributed by atoms with Gasteiger partial charge >= 0.3 is 12.1 Å². The smallest absolute Gasteiger partial charge is 0.410 e. The third-order valence-electron chi connectivity index (χ3n) is 5.64. The Morgan fingerprint density at radius 3 is 2.37 bits per heavy atom. The Morgan fingerprint density at radius 1 is 1.17 bits per heavy atom. The molecule has 0 saturated carbocycles. The molecule has 9 heteroatoms. The van der Waals surface area contributed by atoms with Gasteiger partial charge in [0.05, 0.1) is 19.2 Å². The number of ether oxygens (including phenoxy) is 2. The van der Waals surface area contributed by atoms with Gasteiger partial charge in [-0.2, -0.15) is 9.97 Å². The molecule has 2 atom stereocenters. The van der Waals surface area contributed by atoms with Gasteiger partial charge in [-0.05, 0) is 46.6 Å². The van der Waals surface area contributed by atoms with Crippen molar-refractivity contribution in [1.29, 1.82) is 0 Å². The monoisotopic (exact) mass is 420 g/mol. The average Bonchev–Trinajstić information content (AvgIpc) is 2.94. The molecule has 7 nitrogen and oxygen atoms in total. The minimum Gasteiger partial charge on any atom is -0.467 e. The maximum atomic E-state index is 14.7. The average molecular weight is 420 g/mol. The summed E-state index contributed by atoms with van der Waals surface area (Å²) in [6, 6.07) is 1.17. The number of methoxy groups -OCH3 is 1. The van der Waals surface area contributed by atoms with E-state index < -0.39 is 17.2 Å². The Labute approximate surface area is 174 Å². The van der Waals surface area contributed by atoms with E-state index in [0.717, 1.165) is 12.8 Å². The molecular formula is C21H26F2N4O3. The number of fused-ring (bicyclic) bond motifs is 3. The van der Waals surface area contributed by atoms with Gasteiger partial charge in [0.2, 0.25) is 0 Å². The number of rotatable bonds is 2. The van der Waals surface area contributed by atoms with Crippen molar-refractivity contribution in [2.24, 2.45) is 0 Å². The Morgan fingerprint density at radius 2 is 1.80 bits per heavy atom. The molecule has 2 unspecified atom stereocenters. The summed E-state index contributed by atoms with van der Waals surface area (Å²) in [5.41, 5.74) is -0.641. The minimum atomic E-state index is -0.720. The van der Waals surface area contributed by atoms with Gasteiger partial charge in [0.25, 0.3) is 0 Å². The Kier molecular flexibility index (Phi) is 4.94. The fraction of sp³-hybridized carbons (Fsp3) is 0.571. The molecule has 0 spiro atoms. The van der Waals surface area contributed by atoms with Gasteiger partial charge in [0.15, 0.2) is 5.82 Å². The van der Waals surface area contributed by atoms with Crippen molar-refractivity contribution < 1.29 is 23.0 Å². The number of hydrogen-bond acceptors (Lipinski definition) is 6. The minimum absolute atomic E-state index is 0.0179. The molecule has 0 aliphatic carbocycles. The van der Waals surface area contributed by atoms with Gasteiger partial charge in [0.1, 0.15) is 22.8 Å². The first-order valence-corrected chi connectivity index (χ1v) is 10.1. The number of carbonyl (C=O) groups excluding carboxylic acids is 1. The highest BCUT2D eigenvalue weighted by molar-refractivity contribution is 5.91.